The molecule has 11 amide bonds. The van der Waals surface area contributed by atoms with Crippen molar-refractivity contribution in [3.63, 3.8) is 0 Å². The molecule has 442 valence electrons. The van der Waals surface area contributed by atoms with Gasteiger partial charge in [-0.15, -0.1) is 0 Å². The van der Waals surface area contributed by atoms with E-state index in [1.807, 2.05) is 0 Å². The van der Waals surface area contributed by atoms with E-state index in [-0.39, 0.29) is 44.1 Å². The first-order valence-electron chi connectivity index (χ1n) is 26.4. The quantitative estimate of drug-likeness (QED) is 0.0296. The van der Waals surface area contributed by atoms with Gasteiger partial charge in [-0.3, -0.25) is 57.5 Å². The Hall–Kier alpha value is -6.97. The first kappa shape index (κ1) is 69.0. The number of rotatable bonds is 35. The van der Waals surface area contributed by atoms with Crippen LogP contribution in [0.5, 0.6) is 0 Å². The van der Waals surface area contributed by atoms with E-state index in [1.165, 1.54) is 0 Å². The lowest BCUT2D eigenvalue weighted by Crippen LogP contribution is -2.62. The van der Waals surface area contributed by atoms with Gasteiger partial charge >= 0.3 is 11.9 Å². The van der Waals surface area contributed by atoms with Crippen LogP contribution in [0.25, 0.3) is 0 Å². The monoisotopic (exact) mass is 1110 g/mol. The van der Waals surface area contributed by atoms with Crippen molar-refractivity contribution in [2.45, 2.75) is 194 Å². The SMILES string of the molecule is CC[C@H](C)[C@H](NC(=O)[C@H](CO)NC(=O)[C@H](CC(C)C)NC(=O)[C@@H](NC(=O)[C@@H]1CCCN1C(=O)[C@H](CC(N)=O)NC(=O)[C@@H](NC(=O)[C@@H](N)CCC(=O)O)[C@@H](C)CC)C(C)C)C(=O)N[C@@H](CC(C)C)C(=O)N[C@@H](CC(N)=O)C(=O)O. The number of amides is 11. The summed E-state index contributed by atoms with van der Waals surface area (Å²) in [6.45, 7) is 15.9. The minimum atomic E-state index is -1.69. The van der Waals surface area contributed by atoms with Crippen molar-refractivity contribution in [2.75, 3.05) is 13.2 Å². The minimum Gasteiger partial charge on any atom is -0.481 e. The lowest BCUT2D eigenvalue weighted by Gasteiger charge is -2.32. The maximum absolute atomic E-state index is 14.2. The van der Waals surface area contributed by atoms with Crippen LogP contribution in [0.2, 0.25) is 0 Å². The molecule has 0 aromatic rings. The molecule has 0 spiro atoms. The van der Waals surface area contributed by atoms with Gasteiger partial charge in [0.2, 0.25) is 65.0 Å². The number of nitrogens with two attached hydrogens (primary N) is 3. The largest absolute Gasteiger partial charge is 0.481 e. The van der Waals surface area contributed by atoms with Gasteiger partial charge in [0.15, 0.2) is 0 Å². The summed E-state index contributed by atoms with van der Waals surface area (Å²) in [6, 6.07) is -14.1. The number of aliphatic hydroxyl groups excluding tert-OH is 1. The lowest BCUT2D eigenvalue weighted by molar-refractivity contribution is -0.144. The van der Waals surface area contributed by atoms with Crippen LogP contribution in [-0.2, 0) is 62.3 Å². The van der Waals surface area contributed by atoms with Crippen LogP contribution in [-0.4, -0.2) is 171 Å². The fraction of sp³-hybridized carbons (Fsp3) is 0.740. The Morgan fingerprint density at radius 1 is 0.538 bits per heavy atom. The molecule has 0 bridgehead atoms. The predicted octanol–water partition coefficient (Wildman–Crippen LogP) is -3.28. The number of nitrogens with one attached hydrogen (secondary N) is 8. The Morgan fingerprint density at radius 2 is 0.949 bits per heavy atom. The number of nitrogens with zero attached hydrogens (tertiary/aromatic N) is 1. The maximum atomic E-state index is 14.2. The third-order valence-electron chi connectivity index (χ3n) is 13.2. The van der Waals surface area contributed by atoms with Crippen LogP contribution in [0.1, 0.15) is 133 Å². The summed E-state index contributed by atoms with van der Waals surface area (Å²) in [7, 11) is 0. The van der Waals surface area contributed by atoms with E-state index in [1.54, 1.807) is 69.2 Å². The highest BCUT2D eigenvalue weighted by molar-refractivity contribution is 6.00. The third kappa shape index (κ3) is 22.9. The zero-order valence-corrected chi connectivity index (χ0v) is 46.5. The van der Waals surface area contributed by atoms with Gasteiger partial charge in [-0.2, -0.15) is 0 Å². The van der Waals surface area contributed by atoms with Gasteiger partial charge in [-0.25, -0.2) is 4.79 Å². The molecule has 0 radical (unpaired) electrons. The maximum Gasteiger partial charge on any atom is 0.326 e. The van der Waals surface area contributed by atoms with Crippen molar-refractivity contribution >= 4 is 76.9 Å². The predicted molar refractivity (Wildman–Crippen MR) is 280 cm³/mol. The van der Waals surface area contributed by atoms with E-state index in [2.05, 4.69) is 42.5 Å². The van der Waals surface area contributed by atoms with Crippen LogP contribution < -0.4 is 59.7 Å². The first-order chi connectivity index (χ1) is 36.3. The second-order valence-electron chi connectivity index (χ2n) is 21.1. The summed E-state index contributed by atoms with van der Waals surface area (Å²) in [5, 5.41) is 48.9. The Morgan fingerprint density at radius 3 is 1.36 bits per heavy atom. The van der Waals surface area contributed by atoms with Gasteiger partial charge in [0.25, 0.3) is 0 Å². The van der Waals surface area contributed by atoms with Crippen molar-refractivity contribution in [3.8, 4) is 0 Å². The van der Waals surface area contributed by atoms with E-state index >= 15 is 0 Å². The molecular formula is C50H86N12O16. The molecule has 1 rings (SSSR count). The number of likely N-dealkylation sites (tertiary alicyclic amines) is 1. The summed E-state index contributed by atoms with van der Waals surface area (Å²) in [5.41, 5.74) is 16.5. The summed E-state index contributed by atoms with van der Waals surface area (Å²) in [6.07, 6.45) is -0.983. The van der Waals surface area contributed by atoms with Crippen LogP contribution in [0.4, 0.5) is 0 Å². The third-order valence-corrected chi connectivity index (χ3v) is 13.2. The van der Waals surface area contributed by atoms with Crippen LogP contribution >= 0.6 is 0 Å². The number of hydrogen-bond acceptors (Lipinski definition) is 15. The molecule has 78 heavy (non-hydrogen) atoms. The number of carboxylic acid groups (broad SMARTS) is 2. The van der Waals surface area contributed by atoms with Crippen molar-refractivity contribution in [1.29, 1.82) is 0 Å². The molecule has 1 saturated heterocycles. The number of aliphatic hydroxyl groups is 1. The minimum absolute atomic E-state index is 0.00592. The Balaban J connectivity index is 3.35. The molecule has 28 nitrogen and oxygen atoms in total. The Bertz CT molecular complexity index is 2140. The fourth-order valence-corrected chi connectivity index (χ4v) is 8.35. The van der Waals surface area contributed by atoms with Crippen LogP contribution in [0.3, 0.4) is 0 Å². The zero-order chi connectivity index (χ0) is 59.9. The van der Waals surface area contributed by atoms with Crippen molar-refractivity contribution < 1.29 is 77.6 Å². The molecule has 1 fully saturated rings. The number of hydrogen-bond donors (Lipinski definition) is 14. The summed E-state index contributed by atoms with van der Waals surface area (Å²) >= 11 is 0. The lowest BCUT2D eigenvalue weighted by atomic mass is 9.96. The zero-order valence-electron chi connectivity index (χ0n) is 46.5. The van der Waals surface area contributed by atoms with E-state index in [9.17, 15) is 72.5 Å². The standard InChI is InChI=1S/C50H86N12O16/c1-11-26(9)39(60-41(68)28(51)15-16-37(66)67)48(75)56-31(20-35(52)64)49(76)62-17-13-14-34(62)45(72)59-38(25(7)8)46(73)54-30(19-24(5)6)43(70)58-33(22-63)44(71)61-40(27(10)12-2)47(74)55-29(18-23(3)4)42(69)57-32(50(77)78)21-36(53)65/h23-34,38-40,63H,11-22,51H2,1-10H3,(H2,52,64)(H2,53,65)(H,54,73)(H,55,74)(H,56,75)(H,57,69)(H,58,70)(H,59,72)(H,60,68)(H,61,71)(H,66,67)(H,77,78)/t26-,27-,28-,29-,30-,31-,32-,33-,34-,38-,39-,40-/m0/s1. The second kappa shape index (κ2) is 33.4. The molecule has 0 unspecified atom stereocenters. The molecule has 1 aliphatic heterocycles. The number of aliphatic carboxylic acids is 2. The highest BCUT2D eigenvalue weighted by Gasteiger charge is 2.42. The molecule has 0 saturated carbocycles. The van der Waals surface area contributed by atoms with Gasteiger partial charge in [-0.05, 0) is 61.7 Å². The summed E-state index contributed by atoms with van der Waals surface area (Å²) in [5.74, 6) is -14.9. The average Bonchev–Trinajstić information content (AvgIpc) is 3.85. The number of carbonyl (C=O) groups is 13. The van der Waals surface area contributed by atoms with Crippen molar-refractivity contribution in [3.05, 3.63) is 0 Å². The van der Waals surface area contributed by atoms with Gasteiger partial charge in [0, 0.05) is 13.0 Å². The number of primary amides is 2. The van der Waals surface area contributed by atoms with E-state index in [4.69, 9.17) is 22.3 Å². The topological polar surface area (TPSA) is 460 Å². The Kier molecular flexibility index (Phi) is 29.5. The van der Waals surface area contributed by atoms with E-state index < -0.39 is 181 Å². The molecule has 17 N–H and O–H groups in total. The normalized spacial score (nSPS) is 17.5. The highest BCUT2D eigenvalue weighted by atomic mass is 16.4. The molecular weight excluding hydrogens is 1020 g/mol. The molecule has 0 aromatic carbocycles. The Labute approximate surface area is 454 Å². The second-order valence-corrected chi connectivity index (χ2v) is 21.1. The number of carboxylic acids is 2. The highest BCUT2D eigenvalue weighted by Crippen LogP contribution is 2.21. The molecule has 0 aromatic heterocycles. The summed E-state index contributed by atoms with van der Waals surface area (Å²) < 4.78 is 0. The molecule has 0 aliphatic carbocycles. The average molecular weight is 1110 g/mol. The van der Waals surface area contributed by atoms with Gasteiger partial charge < -0.3 is 80.0 Å². The van der Waals surface area contributed by atoms with Crippen molar-refractivity contribution in [1.82, 2.24) is 47.4 Å². The molecule has 1 aliphatic rings. The molecule has 28 heteroatoms. The van der Waals surface area contributed by atoms with Gasteiger partial charge in [0.05, 0.1) is 25.5 Å². The van der Waals surface area contributed by atoms with E-state index in [0.717, 1.165) is 4.90 Å². The van der Waals surface area contributed by atoms with Crippen molar-refractivity contribution in [2.24, 2.45) is 46.8 Å². The first-order valence-corrected chi connectivity index (χ1v) is 26.4. The number of carbonyl (C=O) groups excluding carboxylic acids is 11. The smallest absolute Gasteiger partial charge is 0.326 e. The molecule has 1 heterocycles. The van der Waals surface area contributed by atoms with Crippen LogP contribution in [0.15, 0.2) is 0 Å². The van der Waals surface area contributed by atoms with Gasteiger partial charge in [0.1, 0.15) is 54.4 Å². The fourth-order valence-electron chi connectivity index (χ4n) is 8.35. The van der Waals surface area contributed by atoms with E-state index in [0.29, 0.717) is 19.3 Å². The summed E-state index contributed by atoms with van der Waals surface area (Å²) in [4.78, 5) is 171. The molecule has 12 atom stereocenters. The van der Waals surface area contributed by atoms with Crippen LogP contribution in [0, 0.1) is 29.6 Å². The van der Waals surface area contributed by atoms with Gasteiger partial charge in [-0.1, -0.05) is 82.1 Å².